The van der Waals surface area contributed by atoms with Crippen molar-refractivity contribution >= 4 is 5.97 Å². The molecule has 0 saturated heterocycles. The molecule has 0 N–H and O–H groups in total. The summed E-state index contributed by atoms with van der Waals surface area (Å²) in [6, 6.07) is 10.2. The van der Waals surface area contributed by atoms with Crippen LogP contribution in [0.5, 0.6) is 0 Å². The Morgan fingerprint density at radius 3 is 2.70 bits per heavy atom. The van der Waals surface area contributed by atoms with Crippen LogP contribution >= 0.6 is 0 Å². The van der Waals surface area contributed by atoms with E-state index in [4.69, 9.17) is 9.47 Å². The first-order chi connectivity index (χ1) is 9.54. The highest BCUT2D eigenvalue weighted by atomic mass is 16.5. The van der Waals surface area contributed by atoms with E-state index in [0.29, 0.717) is 0 Å². The molecule has 3 heteroatoms. The number of rotatable bonds is 4. The van der Waals surface area contributed by atoms with Crippen molar-refractivity contribution in [2.24, 2.45) is 5.41 Å². The van der Waals surface area contributed by atoms with Crippen LogP contribution < -0.4 is 0 Å². The zero-order chi connectivity index (χ0) is 14.6. The van der Waals surface area contributed by atoms with Crippen molar-refractivity contribution in [3.05, 3.63) is 48.0 Å². The van der Waals surface area contributed by atoms with Crippen molar-refractivity contribution in [2.45, 2.75) is 38.9 Å². The average molecular weight is 274 g/mol. The fourth-order valence-corrected chi connectivity index (χ4v) is 2.49. The molecule has 1 aliphatic heterocycles. The first kappa shape index (κ1) is 14.8. The Morgan fingerprint density at radius 2 is 2.05 bits per heavy atom. The molecule has 1 aliphatic rings. The SMILES string of the molecule is COC(=O)C(C)(C)[C@H]1CC=C[C@@H](Cc2ccccc2)O1. The Morgan fingerprint density at radius 1 is 1.35 bits per heavy atom. The van der Waals surface area contributed by atoms with Crippen molar-refractivity contribution in [2.75, 3.05) is 7.11 Å². The van der Waals surface area contributed by atoms with E-state index >= 15 is 0 Å². The van der Waals surface area contributed by atoms with Gasteiger partial charge in [0, 0.05) is 6.42 Å². The molecule has 2 atom stereocenters. The lowest BCUT2D eigenvalue weighted by Crippen LogP contribution is -2.43. The molecule has 0 spiro atoms. The highest BCUT2D eigenvalue weighted by molar-refractivity contribution is 5.76. The molecular weight excluding hydrogens is 252 g/mol. The van der Waals surface area contributed by atoms with E-state index in [2.05, 4.69) is 24.3 Å². The minimum atomic E-state index is -0.631. The predicted octanol–water partition coefficient (Wildman–Crippen LogP) is 3.14. The van der Waals surface area contributed by atoms with Crippen LogP contribution in [0, 0.1) is 5.41 Å². The Kier molecular flexibility index (Phi) is 4.61. The van der Waals surface area contributed by atoms with Gasteiger partial charge in [0.05, 0.1) is 24.7 Å². The molecule has 0 amide bonds. The van der Waals surface area contributed by atoms with Crippen LogP contribution in [0.3, 0.4) is 0 Å². The Bertz CT molecular complexity index is 476. The van der Waals surface area contributed by atoms with E-state index in [0.717, 1.165) is 12.8 Å². The fourth-order valence-electron chi connectivity index (χ4n) is 2.49. The lowest BCUT2D eigenvalue weighted by Gasteiger charge is -2.35. The number of carbonyl (C=O) groups excluding carboxylic acids is 1. The summed E-state index contributed by atoms with van der Waals surface area (Å²) in [6.07, 6.45) is 5.62. The van der Waals surface area contributed by atoms with Gasteiger partial charge in [-0.25, -0.2) is 0 Å². The molecule has 1 heterocycles. The summed E-state index contributed by atoms with van der Waals surface area (Å²) in [5, 5.41) is 0. The molecular formula is C17H22O3. The van der Waals surface area contributed by atoms with Crippen LogP contribution in [0.4, 0.5) is 0 Å². The first-order valence-corrected chi connectivity index (χ1v) is 6.98. The summed E-state index contributed by atoms with van der Waals surface area (Å²) >= 11 is 0. The number of hydrogen-bond donors (Lipinski definition) is 0. The second-order valence-corrected chi connectivity index (χ2v) is 5.73. The molecule has 0 saturated carbocycles. The third kappa shape index (κ3) is 3.28. The summed E-state index contributed by atoms with van der Waals surface area (Å²) in [4.78, 5) is 11.9. The quantitative estimate of drug-likeness (QED) is 0.625. The van der Waals surface area contributed by atoms with E-state index in [9.17, 15) is 4.79 Å². The van der Waals surface area contributed by atoms with Gasteiger partial charge in [0.25, 0.3) is 0 Å². The van der Waals surface area contributed by atoms with Gasteiger partial charge in [0.2, 0.25) is 0 Å². The van der Waals surface area contributed by atoms with Crippen LogP contribution in [0.2, 0.25) is 0 Å². The van der Waals surface area contributed by atoms with Crippen molar-refractivity contribution in [1.29, 1.82) is 0 Å². The van der Waals surface area contributed by atoms with Gasteiger partial charge in [-0.05, 0) is 25.8 Å². The molecule has 0 unspecified atom stereocenters. The molecule has 3 nitrogen and oxygen atoms in total. The lowest BCUT2D eigenvalue weighted by atomic mass is 9.83. The van der Waals surface area contributed by atoms with Crippen molar-refractivity contribution in [3.8, 4) is 0 Å². The summed E-state index contributed by atoms with van der Waals surface area (Å²) in [5.41, 5.74) is 0.604. The van der Waals surface area contributed by atoms with Crippen molar-refractivity contribution in [1.82, 2.24) is 0 Å². The zero-order valence-electron chi connectivity index (χ0n) is 12.3. The summed E-state index contributed by atoms with van der Waals surface area (Å²) in [6.45, 7) is 3.75. The summed E-state index contributed by atoms with van der Waals surface area (Å²) in [5.74, 6) is -0.226. The largest absolute Gasteiger partial charge is 0.469 e. The second kappa shape index (κ2) is 6.23. The molecule has 0 radical (unpaired) electrons. The normalized spacial score (nSPS) is 22.6. The van der Waals surface area contributed by atoms with E-state index in [1.54, 1.807) is 0 Å². The topological polar surface area (TPSA) is 35.5 Å². The fraction of sp³-hybridized carbons (Fsp3) is 0.471. The maximum Gasteiger partial charge on any atom is 0.313 e. The van der Waals surface area contributed by atoms with Gasteiger partial charge >= 0.3 is 5.97 Å². The zero-order valence-corrected chi connectivity index (χ0v) is 12.3. The van der Waals surface area contributed by atoms with Crippen molar-refractivity contribution in [3.63, 3.8) is 0 Å². The highest BCUT2D eigenvalue weighted by Gasteiger charge is 2.40. The number of methoxy groups -OCH3 is 1. The molecule has 1 aromatic carbocycles. The van der Waals surface area contributed by atoms with E-state index in [1.807, 2.05) is 32.0 Å². The maximum atomic E-state index is 11.9. The van der Waals surface area contributed by atoms with Gasteiger partial charge in [0.1, 0.15) is 0 Å². The van der Waals surface area contributed by atoms with Gasteiger partial charge in [-0.2, -0.15) is 0 Å². The molecule has 0 aliphatic carbocycles. The van der Waals surface area contributed by atoms with Crippen LogP contribution in [0.25, 0.3) is 0 Å². The smallest absolute Gasteiger partial charge is 0.313 e. The van der Waals surface area contributed by atoms with Gasteiger partial charge in [-0.3, -0.25) is 4.79 Å². The number of ether oxygens (including phenoxy) is 2. The highest BCUT2D eigenvalue weighted by Crippen LogP contribution is 2.31. The molecule has 0 bridgehead atoms. The molecule has 2 rings (SSSR count). The molecule has 0 fully saturated rings. The van der Waals surface area contributed by atoms with Crippen LogP contribution in [0.1, 0.15) is 25.8 Å². The minimum Gasteiger partial charge on any atom is -0.469 e. The Balaban J connectivity index is 2.04. The third-order valence-corrected chi connectivity index (χ3v) is 3.84. The van der Waals surface area contributed by atoms with Gasteiger partial charge in [0.15, 0.2) is 0 Å². The predicted molar refractivity (Wildman–Crippen MR) is 78.4 cm³/mol. The standard InChI is InChI=1S/C17H22O3/c1-17(2,16(18)19-3)15-11-7-10-14(20-15)12-13-8-5-4-6-9-13/h4-10,14-15H,11-12H2,1-3H3/t14-,15+/m0/s1. The lowest BCUT2D eigenvalue weighted by molar-refractivity contribution is -0.162. The molecule has 20 heavy (non-hydrogen) atoms. The average Bonchev–Trinajstić information content (AvgIpc) is 2.47. The third-order valence-electron chi connectivity index (χ3n) is 3.84. The number of benzene rings is 1. The number of carbonyl (C=O) groups is 1. The van der Waals surface area contributed by atoms with Crippen LogP contribution in [0.15, 0.2) is 42.5 Å². The maximum absolute atomic E-state index is 11.9. The summed E-state index contributed by atoms with van der Waals surface area (Å²) in [7, 11) is 1.42. The van der Waals surface area contributed by atoms with Crippen LogP contribution in [-0.2, 0) is 20.7 Å². The number of hydrogen-bond acceptors (Lipinski definition) is 3. The van der Waals surface area contributed by atoms with E-state index in [1.165, 1.54) is 12.7 Å². The van der Waals surface area contributed by atoms with Crippen molar-refractivity contribution < 1.29 is 14.3 Å². The first-order valence-electron chi connectivity index (χ1n) is 6.98. The van der Waals surface area contributed by atoms with E-state index < -0.39 is 5.41 Å². The Hall–Kier alpha value is -1.61. The summed E-state index contributed by atoms with van der Waals surface area (Å²) < 4.78 is 11.0. The molecule has 1 aromatic rings. The van der Waals surface area contributed by atoms with E-state index in [-0.39, 0.29) is 18.2 Å². The minimum absolute atomic E-state index is 0.0140. The van der Waals surface area contributed by atoms with Gasteiger partial charge in [-0.15, -0.1) is 0 Å². The Labute approximate surface area is 120 Å². The second-order valence-electron chi connectivity index (χ2n) is 5.73. The van der Waals surface area contributed by atoms with Gasteiger partial charge in [-0.1, -0.05) is 42.5 Å². The van der Waals surface area contributed by atoms with Crippen LogP contribution in [-0.4, -0.2) is 25.3 Å². The molecule has 0 aromatic heterocycles. The monoisotopic (exact) mass is 274 g/mol. The molecule has 108 valence electrons. The van der Waals surface area contributed by atoms with Gasteiger partial charge < -0.3 is 9.47 Å². The number of esters is 1.